The lowest BCUT2D eigenvalue weighted by Crippen LogP contribution is -2.20. The van der Waals surface area contributed by atoms with E-state index >= 15 is 0 Å². The van der Waals surface area contributed by atoms with Crippen molar-refractivity contribution < 1.29 is 4.79 Å². The first-order chi connectivity index (χ1) is 7.47. The van der Waals surface area contributed by atoms with E-state index in [1.54, 1.807) is 13.2 Å². The highest BCUT2D eigenvalue weighted by atomic mass is 16.1. The number of nitrogens with zero attached hydrogens (tertiary/aromatic N) is 1. The second-order valence-corrected chi connectivity index (χ2v) is 4.58. The van der Waals surface area contributed by atoms with E-state index in [4.69, 9.17) is 0 Å². The quantitative estimate of drug-likeness (QED) is 0.851. The molecule has 0 fully saturated rings. The van der Waals surface area contributed by atoms with Crippen LogP contribution >= 0.6 is 0 Å². The summed E-state index contributed by atoms with van der Waals surface area (Å²) in [6.45, 7) is 8.38. The zero-order valence-electron chi connectivity index (χ0n) is 10.7. The van der Waals surface area contributed by atoms with E-state index in [0.717, 1.165) is 11.3 Å². The van der Waals surface area contributed by atoms with Gasteiger partial charge in [-0.05, 0) is 23.5 Å². The third kappa shape index (κ3) is 2.60. The molecule has 0 saturated carbocycles. The summed E-state index contributed by atoms with van der Waals surface area (Å²) in [6, 6.07) is 2.04. The van der Waals surface area contributed by atoms with Crippen LogP contribution in [0, 0.1) is 0 Å². The average Bonchev–Trinajstić information content (AvgIpc) is 2.26. The molecule has 3 nitrogen and oxygen atoms in total. The van der Waals surface area contributed by atoms with Crippen molar-refractivity contribution >= 4 is 5.91 Å². The van der Waals surface area contributed by atoms with Crippen molar-refractivity contribution in [2.75, 3.05) is 7.05 Å². The number of carbonyl (C=O) groups is 1. The first-order valence-electron chi connectivity index (χ1n) is 5.69. The summed E-state index contributed by atoms with van der Waals surface area (Å²) in [5.74, 6) is 0.649. The molecular weight excluding hydrogens is 200 g/mol. The van der Waals surface area contributed by atoms with Crippen LogP contribution in [-0.2, 0) is 0 Å². The summed E-state index contributed by atoms with van der Waals surface area (Å²) >= 11 is 0. The maximum Gasteiger partial charge on any atom is 0.252 e. The van der Waals surface area contributed by atoms with E-state index in [0.29, 0.717) is 17.4 Å². The molecule has 0 radical (unpaired) electrons. The molecule has 3 heteroatoms. The van der Waals surface area contributed by atoms with Crippen molar-refractivity contribution in [3.8, 4) is 0 Å². The Hall–Kier alpha value is -1.38. The van der Waals surface area contributed by atoms with Crippen molar-refractivity contribution in [3.63, 3.8) is 0 Å². The van der Waals surface area contributed by atoms with E-state index in [1.165, 1.54) is 0 Å². The number of carbonyl (C=O) groups excluding carboxylic acids is 1. The molecule has 0 aliphatic heterocycles. The standard InChI is InChI=1S/C13H20N2O/c1-8(2)10-6-12(9(3)4)15-7-11(10)13(16)14-5/h6-9H,1-5H3,(H,14,16). The van der Waals surface area contributed by atoms with Gasteiger partial charge in [0.05, 0.1) is 5.56 Å². The monoisotopic (exact) mass is 220 g/mol. The van der Waals surface area contributed by atoms with Crippen molar-refractivity contribution in [1.29, 1.82) is 0 Å². The van der Waals surface area contributed by atoms with Gasteiger partial charge in [0, 0.05) is 18.9 Å². The van der Waals surface area contributed by atoms with E-state index in [9.17, 15) is 4.79 Å². The van der Waals surface area contributed by atoms with Crippen LogP contribution < -0.4 is 5.32 Å². The van der Waals surface area contributed by atoms with Crippen LogP contribution in [0.1, 0.15) is 61.1 Å². The first kappa shape index (κ1) is 12.7. The SMILES string of the molecule is CNC(=O)c1cnc(C(C)C)cc1C(C)C. The Morgan fingerprint density at radius 1 is 1.25 bits per heavy atom. The van der Waals surface area contributed by atoms with E-state index in [1.807, 2.05) is 6.07 Å². The van der Waals surface area contributed by atoms with Crippen LogP contribution in [0.4, 0.5) is 0 Å². The minimum Gasteiger partial charge on any atom is -0.355 e. The zero-order chi connectivity index (χ0) is 12.3. The lowest BCUT2D eigenvalue weighted by Gasteiger charge is -2.14. The maximum absolute atomic E-state index is 11.7. The molecule has 0 aromatic carbocycles. The van der Waals surface area contributed by atoms with Gasteiger partial charge in [0.1, 0.15) is 0 Å². The largest absolute Gasteiger partial charge is 0.355 e. The predicted molar refractivity (Wildman–Crippen MR) is 65.8 cm³/mol. The van der Waals surface area contributed by atoms with Gasteiger partial charge in [-0.25, -0.2) is 0 Å². The molecule has 0 saturated heterocycles. The molecule has 1 aromatic rings. The Labute approximate surface area is 97.3 Å². The molecule has 1 N–H and O–H groups in total. The number of pyridine rings is 1. The molecule has 1 heterocycles. The normalized spacial score (nSPS) is 10.9. The molecule has 0 unspecified atom stereocenters. The van der Waals surface area contributed by atoms with Gasteiger partial charge in [-0.3, -0.25) is 9.78 Å². The van der Waals surface area contributed by atoms with E-state index in [2.05, 4.69) is 38.0 Å². The fourth-order valence-corrected chi connectivity index (χ4v) is 1.61. The van der Waals surface area contributed by atoms with Gasteiger partial charge in [-0.1, -0.05) is 27.7 Å². The summed E-state index contributed by atoms with van der Waals surface area (Å²) < 4.78 is 0. The summed E-state index contributed by atoms with van der Waals surface area (Å²) in [7, 11) is 1.64. The van der Waals surface area contributed by atoms with Crippen LogP contribution in [0.15, 0.2) is 12.3 Å². The molecule has 88 valence electrons. The van der Waals surface area contributed by atoms with E-state index in [-0.39, 0.29) is 5.91 Å². The fraction of sp³-hybridized carbons (Fsp3) is 0.538. The Morgan fingerprint density at radius 3 is 2.31 bits per heavy atom. The van der Waals surface area contributed by atoms with Gasteiger partial charge in [-0.15, -0.1) is 0 Å². The van der Waals surface area contributed by atoms with Gasteiger partial charge in [0.2, 0.25) is 0 Å². The summed E-state index contributed by atoms with van der Waals surface area (Å²) in [5.41, 5.74) is 2.79. The highest BCUT2D eigenvalue weighted by molar-refractivity contribution is 5.95. The Kier molecular flexibility index (Phi) is 4.05. The molecule has 1 aromatic heterocycles. The van der Waals surface area contributed by atoms with E-state index < -0.39 is 0 Å². The molecule has 1 rings (SSSR count). The summed E-state index contributed by atoms with van der Waals surface area (Å²) in [5, 5.41) is 2.65. The lowest BCUT2D eigenvalue weighted by molar-refractivity contribution is 0.0961. The summed E-state index contributed by atoms with van der Waals surface area (Å²) in [4.78, 5) is 16.0. The molecule has 16 heavy (non-hydrogen) atoms. The van der Waals surface area contributed by atoms with Crippen molar-refractivity contribution in [1.82, 2.24) is 10.3 Å². The van der Waals surface area contributed by atoms with Crippen molar-refractivity contribution in [3.05, 3.63) is 29.1 Å². The third-order valence-electron chi connectivity index (χ3n) is 2.64. The van der Waals surface area contributed by atoms with Gasteiger partial charge in [-0.2, -0.15) is 0 Å². The highest BCUT2D eigenvalue weighted by Gasteiger charge is 2.15. The van der Waals surface area contributed by atoms with Crippen molar-refractivity contribution in [2.45, 2.75) is 39.5 Å². The van der Waals surface area contributed by atoms with Crippen molar-refractivity contribution in [2.24, 2.45) is 0 Å². The number of hydrogen-bond donors (Lipinski definition) is 1. The summed E-state index contributed by atoms with van der Waals surface area (Å²) in [6.07, 6.45) is 1.68. The zero-order valence-corrected chi connectivity index (χ0v) is 10.7. The molecular formula is C13H20N2O. The Morgan fingerprint density at radius 2 is 1.88 bits per heavy atom. The second-order valence-electron chi connectivity index (χ2n) is 4.58. The van der Waals surface area contributed by atoms with Crippen LogP contribution in [0.5, 0.6) is 0 Å². The molecule has 0 bridgehead atoms. The lowest BCUT2D eigenvalue weighted by atomic mass is 9.95. The molecule has 0 aliphatic carbocycles. The van der Waals surface area contributed by atoms with Gasteiger partial charge < -0.3 is 5.32 Å². The third-order valence-corrected chi connectivity index (χ3v) is 2.64. The van der Waals surface area contributed by atoms with Gasteiger partial charge >= 0.3 is 0 Å². The number of rotatable bonds is 3. The van der Waals surface area contributed by atoms with Crippen LogP contribution in [-0.4, -0.2) is 17.9 Å². The molecule has 0 atom stereocenters. The predicted octanol–water partition coefficient (Wildman–Crippen LogP) is 2.69. The molecule has 1 amide bonds. The fourth-order valence-electron chi connectivity index (χ4n) is 1.61. The highest BCUT2D eigenvalue weighted by Crippen LogP contribution is 2.22. The molecule has 0 spiro atoms. The van der Waals surface area contributed by atoms with Crippen LogP contribution in [0.2, 0.25) is 0 Å². The minimum atomic E-state index is -0.0634. The van der Waals surface area contributed by atoms with Gasteiger partial charge in [0.15, 0.2) is 0 Å². The smallest absolute Gasteiger partial charge is 0.252 e. The Bertz CT molecular complexity index is 384. The number of hydrogen-bond acceptors (Lipinski definition) is 2. The molecule has 0 aliphatic rings. The average molecular weight is 220 g/mol. The van der Waals surface area contributed by atoms with Gasteiger partial charge in [0.25, 0.3) is 5.91 Å². The van der Waals surface area contributed by atoms with Crippen LogP contribution in [0.3, 0.4) is 0 Å². The Balaban J connectivity index is 3.25. The topological polar surface area (TPSA) is 42.0 Å². The first-order valence-corrected chi connectivity index (χ1v) is 5.69. The number of aromatic nitrogens is 1. The number of amides is 1. The maximum atomic E-state index is 11.7. The number of nitrogens with one attached hydrogen (secondary N) is 1. The second kappa shape index (κ2) is 5.10. The van der Waals surface area contributed by atoms with Crippen LogP contribution in [0.25, 0.3) is 0 Å². The minimum absolute atomic E-state index is 0.0634.